The number of carbonyl (C=O) groups excluding carboxylic acids is 2. The van der Waals surface area contributed by atoms with E-state index < -0.39 is 6.09 Å². The molecule has 0 saturated carbocycles. The number of ketones is 1. The lowest BCUT2D eigenvalue weighted by Crippen LogP contribution is -2.26. The molecule has 0 aliphatic heterocycles. The van der Waals surface area contributed by atoms with E-state index in [1.54, 1.807) is 6.07 Å². The lowest BCUT2D eigenvalue weighted by Gasteiger charge is -2.14. The molecule has 2 aromatic carbocycles. The number of rotatable bonds is 4. The number of alkyl carbamates (subject to hydrolysis) is 1. The lowest BCUT2D eigenvalue weighted by atomic mass is 9.98. The molecule has 0 unspecified atom stereocenters. The Bertz CT molecular complexity index is 1090. The van der Waals surface area contributed by atoms with Crippen molar-refractivity contribution in [2.24, 2.45) is 0 Å². The fourth-order valence-electron chi connectivity index (χ4n) is 3.50. The normalized spacial score (nSPS) is 11.8. The molecule has 1 aliphatic carbocycles. The van der Waals surface area contributed by atoms with Crippen molar-refractivity contribution in [1.29, 1.82) is 0 Å². The predicted octanol–water partition coefficient (Wildman–Crippen LogP) is 4.84. The molecule has 0 saturated heterocycles. The molecule has 1 aromatic heterocycles. The highest BCUT2D eigenvalue weighted by molar-refractivity contribution is 7.12. The smallest absolute Gasteiger partial charge is 0.407 e. The van der Waals surface area contributed by atoms with Gasteiger partial charge in [0.2, 0.25) is 0 Å². The number of Topliss-reactive ketones (excluding diaryl/α,β-unsaturated/α-hetero) is 1. The molecule has 4 rings (SSSR count). The van der Waals surface area contributed by atoms with E-state index in [9.17, 15) is 9.59 Å². The standard InChI is InChI=1S/C24H19NO3S/c1-16(26)23-13-17(15-29-23)7-6-12-25-24(27)28-14-22-20-10-4-2-8-18(20)19-9-3-5-11-21(19)22/h2-5,8-11,13,15,22H,12,14H2,1H3,(H,25,27). The summed E-state index contributed by atoms with van der Waals surface area (Å²) in [6.45, 7) is 1.99. The van der Waals surface area contributed by atoms with E-state index in [1.807, 2.05) is 29.6 Å². The van der Waals surface area contributed by atoms with E-state index >= 15 is 0 Å². The molecule has 0 spiro atoms. The number of benzene rings is 2. The third kappa shape index (κ3) is 4.08. The Kier molecular flexibility index (Phi) is 5.46. The average molecular weight is 401 g/mol. The zero-order chi connectivity index (χ0) is 20.2. The number of hydrogen-bond acceptors (Lipinski definition) is 4. The van der Waals surface area contributed by atoms with Gasteiger partial charge in [0.1, 0.15) is 6.61 Å². The van der Waals surface area contributed by atoms with Crippen molar-refractivity contribution in [2.45, 2.75) is 12.8 Å². The first-order valence-electron chi connectivity index (χ1n) is 9.30. The highest BCUT2D eigenvalue weighted by Crippen LogP contribution is 2.44. The van der Waals surface area contributed by atoms with Crippen LogP contribution in [0, 0.1) is 11.8 Å². The number of ether oxygens (including phenoxy) is 1. The van der Waals surface area contributed by atoms with Crippen molar-refractivity contribution in [3.63, 3.8) is 0 Å². The maximum atomic E-state index is 12.1. The number of carbonyl (C=O) groups is 2. The number of thiophene rings is 1. The van der Waals surface area contributed by atoms with Gasteiger partial charge in [0, 0.05) is 16.9 Å². The van der Waals surface area contributed by atoms with Gasteiger partial charge in [-0.05, 0) is 35.2 Å². The Morgan fingerprint density at radius 2 is 1.72 bits per heavy atom. The SMILES string of the molecule is CC(=O)c1cc(C#CCNC(=O)OCC2c3ccccc3-c3ccccc32)cs1. The van der Waals surface area contributed by atoms with Crippen LogP contribution in [0.15, 0.2) is 60.0 Å². The molecule has 0 fully saturated rings. The van der Waals surface area contributed by atoms with Gasteiger partial charge < -0.3 is 10.1 Å². The van der Waals surface area contributed by atoms with Gasteiger partial charge in [0.05, 0.1) is 11.4 Å². The first-order chi connectivity index (χ1) is 14.1. The van der Waals surface area contributed by atoms with E-state index in [-0.39, 0.29) is 24.9 Å². The largest absolute Gasteiger partial charge is 0.449 e. The van der Waals surface area contributed by atoms with Gasteiger partial charge in [0.15, 0.2) is 5.78 Å². The summed E-state index contributed by atoms with van der Waals surface area (Å²) in [6.07, 6.45) is -0.490. The van der Waals surface area contributed by atoms with Gasteiger partial charge in [-0.25, -0.2) is 4.79 Å². The van der Waals surface area contributed by atoms with Crippen LogP contribution in [0.4, 0.5) is 4.79 Å². The minimum atomic E-state index is -0.490. The second kappa shape index (κ2) is 8.34. The second-order valence-corrected chi connectivity index (χ2v) is 7.65. The topological polar surface area (TPSA) is 55.4 Å². The summed E-state index contributed by atoms with van der Waals surface area (Å²) in [7, 11) is 0. The molecule has 0 bridgehead atoms. The number of fused-ring (bicyclic) bond motifs is 3. The maximum Gasteiger partial charge on any atom is 0.407 e. The molecule has 1 amide bonds. The summed E-state index contributed by atoms with van der Waals surface area (Å²) in [5.41, 5.74) is 5.53. The highest BCUT2D eigenvalue weighted by Gasteiger charge is 2.28. The van der Waals surface area contributed by atoms with E-state index in [2.05, 4.69) is 41.4 Å². The minimum Gasteiger partial charge on any atom is -0.449 e. The third-order valence-corrected chi connectivity index (χ3v) is 5.87. The Morgan fingerprint density at radius 1 is 1.07 bits per heavy atom. The number of nitrogens with one attached hydrogen (secondary N) is 1. The van der Waals surface area contributed by atoms with Crippen LogP contribution in [-0.4, -0.2) is 25.0 Å². The van der Waals surface area contributed by atoms with Crippen LogP contribution >= 0.6 is 11.3 Å². The Morgan fingerprint density at radius 3 is 2.34 bits per heavy atom. The molecular formula is C24H19NO3S. The lowest BCUT2D eigenvalue weighted by molar-refractivity contribution is 0.102. The van der Waals surface area contributed by atoms with Gasteiger partial charge in [-0.15, -0.1) is 11.3 Å². The Balaban J connectivity index is 1.33. The Hall–Kier alpha value is -3.36. The summed E-state index contributed by atoms with van der Waals surface area (Å²) in [5.74, 6) is 5.88. The van der Waals surface area contributed by atoms with Gasteiger partial charge in [-0.1, -0.05) is 60.4 Å². The monoisotopic (exact) mass is 401 g/mol. The van der Waals surface area contributed by atoms with E-state index in [0.29, 0.717) is 4.88 Å². The summed E-state index contributed by atoms with van der Waals surface area (Å²) >= 11 is 1.37. The summed E-state index contributed by atoms with van der Waals surface area (Å²) in [4.78, 5) is 24.1. The van der Waals surface area contributed by atoms with Crippen molar-refractivity contribution >= 4 is 23.2 Å². The molecule has 0 atom stereocenters. The van der Waals surface area contributed by atoms with Gasteiger partial charge in [0.25, 0.3) is 0 Å². The van der Waals surface area contributed by atoms with E-state index in [1.165, 1.54) is 40.5 Å². The van der Waals surface area contributed by atoms with Crippen molar-refractivity contribution in [3.05, 3.63) is 81.5 Å². The first kappa shape index (κ1) is 19.0. The summed E-state index contributed by atoms with van der Waals surface area (Å²) in [5, 5.41) is 4.49. The first-order valence-corrected chi connectivity index (χ1v) is 10.2. The second-order valence-electron chi connectivity index (χ2n) is 6.74. The van der Waals surface area contributed by atoms with Crippen molar-refractivity contribution < 1.29 is 14.3 Å². The molecule has 1 aliphatic rings. The van der Waals surface area contributed by atoms with Gasteiger partial charge >= 0.3 is 6.09 Å². The van der Waals surface area contributed by atoms with Crippen LogP contribution in [0.5, 0.6) is 0 Å². The predicted molar refractivity (Wildman–Crippen MR) is 114 cm³/mol. The zero-order valence-corrected chi connectivity index (χ0v) is 16.7. The number of amides is 1. The zero-order valence-electron chi connectivity index (χ0n) is 15.9. The average Bonchev–Trinajstić information content (AvgIpc) is 3.33. The number of hydrogen-bond donors (Lipinski definition) is 1. The quantitative estimate of drug-likeness (QED) is 0.503. The van der Waals surface area contributed by atoms with Crippen LogP contribution in [0.3, 0.4) is 0 Å². The highest BCUT2D eigenvalue weighted by atomic mass is 32.1. The molecular weight excluding hydrogens is 382 g/mol. The summed E-state index contributed by atoms with van der Waals surface area (Å²) in [6, 6.07) is 18.2. The van der Waals surface area contributed by atoms with Crippen LogP contribution in [0.1, 0.15) is 39.2 Å². The molecule has 1 heterocycles. The molecule has 144 valence electrons. The molecule has 1 N–H and O–H groups in total. The van der Waals surface area contributed by atoms with E-state index in [0.717, 1.165) is 5.56 Å². The van der Waals surface area contributed by atoms with E-state index in [4.69, 9.17) is 4.74 Å². The molecule has 0 radical (unpaired) electrons. The van der Waals surface area contributed by atoms with Crippen LogP contribution in [0.25, 0.3) is 11.1 Å². The van der Waals surface area contributed by atoms with Crippen molar-refractivity contribution in [1.82, 2.24) is 5.32 Å². The van der Waals surface area contributed by atoms with Crippen LogP contribution in [-0.2, 0) is 4.74 Å². The van der Waals surface area contributed by atoms with Crippen molar-refractivity contribution in [2.75, 3.05) is 13.2 Å². The third-order valence-electron chi connectivity index (χ3n) is 4.84. The Labute approximate surface area is 173 Å². The fourth-order valence-corrected chi connectivity index (χ4v) is 4.24. The van der Waals surface area contributed by atoms with Crippen molar-refractivity contribution in [3.8, 4) is 23.0 Å². The van der Waals surface area contributed by atoms with Gasteiger partial charge in [-0.2, -0.15) is 0 Å². The fraction of sp³-hybridized carbons (Fsp3) is 0.167. The molecule has 3 aromatic rings. The van der Waals surface area contributed by atoms with Crippen LogP contribution < -0.4 is 5.32 Å². The van der Waals surface area contributed by atoms with Gasteiger partial charge in [-0.3, -0.25) is 4.79 Å². The maximum absolute atomic E-state index is 12.1. The molecule has 29 heavy (non-hydrogen) atoms. The minimum absolute atomic E-state index is 0.0276. The van der Waals surface area contributed by atoms with Crippen LogP contribution in [0.2, 0.25) is 0 Å². The molecule has 5 heteroatoms. The summed E-state index contributed by atoms with van der Waals surface area (Å²) < 4.78 is 5.47. The molecule has 4 nitrogen and oxygen atoms in total.